The summed E-state index contributed by atoms with van der Waals surface area (Å²) in [6.45, 7) is 3.13. The van der Waals surface area contributed by atoms with Crippen LogP contribution in [0.3, 0.4) is 0 Å². The summed E-state index contributed by atoms with van der Waals surface area (Å²) in [6.07, 6.45) is 2.81. The van der Waals surface area contributed by atoms with Crippen LogP contribution in [0.5, 0.6) is 0 Å². The molecule has 1 unspecified atom stereocenters. The largest absolute Gasteiger partial charge is 0.385 e. The van der Waals surface area contributed by atoms with Crippen molar-refractivity contribution in [2.24, 2.45) is 0 Å². The maximum atomic E-state index is 13.8. The van der Waals surface area contributed by atoms with Crippen molar-refractivity contribution in [3.05, 3.63) is 29.6 Å². The second-order valence-corrected chi connectivity index (χ2v) is 5.70. The lowest BCUT2D eigenvalue weighted by atomic mass is 10.2. The first kappa shape index (κ1) is 16.2. The number of alkyl halides is 1. The SMILES string of the molecule is COCCCCCn1c(C(C)Cl)nc2c(F)cc(F)cc21. The molecule has 0 radical (unpaired) electrons. The first-order chi connectivity index (χ1) is 10.0. The van der Waals surface area contributed by atoms with Crippen LogP contribution in [0.25, 0.3) is 11.0 Å². The maximum Gasteiger partial charge on any atom is 0.153 e. The van der Waals surface area contributed by atoms with Crippen molar-refractivity contribution in [3.63, 3.8) is 0 Å². The molecule has 1 atom stereocenters. The van der Waals surface area contributed by atoms with Crippen molar-refractivity contribution in [1.29, 1.82) is 0 Å². The number of methoxy groups -OCH3 is 1. The Balaban J connectivity index is 2.28. The molecule has 0 aliphatic carbocycles. The third-order valence-electron chi connectivity index (χ3n) is 3.39. The molecule has 3 nitrogen and oxygen atoms in total. The van der Waals surface area contributed by atoms with E-state index in [1.54, 1.807) is 14.0 Å². The number of imidazole rings is 1. The molecule has 0 saturated heterocycles. The average molecular weight is 317 g/mol. The number of rotatable bonds is 7. The van der Waals surface area contributed by atoms with Crippen molar-refractivity contribution in [2.45, 2.75) is 38.1 Å². The Hall–Kier alpha value is -1.20. The molecule has 0 N–H and O–H groups in total. The van der Waals surface area contributed by atoms with Gasteiger partial charge >= 0.3 is 0 Å². The van der Waals surface area contributed by atoms with Crippen LogP contribution in [0.15, 0.2) is 12.1 Å². The molecule has 0 aliphatic rings. The molecular weight excluding hydrogens is 298 g/mol. The zero-order chi connectivity index (χ0) is 15.4. The van der Waals surface area contributed by atoms with Gasteiger partial charge in [-0.25, -0.2) is 13.8 Å². The summed E-state index contributed by atoms with van der Waals surface area (Å²) in [7, 11) is 1.67. The molecule has 0 bridgehead atoms. The van der Waals surface area contributed by atoms with Crippen LogP contribution in [0.1, 0.15) is 37.4 Å². The molecule has 1 heterocycles. The number of hydrogen-bond donors (Lipinski definition) is 0. The van der Waals surface area contributed by atoms with Crippen molar-refractivity contribution in [1.82, 2.24) is 9.55 Å². The zero-order valence-corrected chi connectivity index (χ0v) is 13.0. The fourth-order valence-corrected chi connectivity index (χ4v) is 2.57. The minimum atomic E-state index is -0.651. The van der Waals surface area contributed by atoms with Crippen LogP contribution in [0.2, 0.25) is 0 Å². The Bertz CT molecular complexity index is 613. The standard InChI is InChI=1S/C15H19ClF2N2O/c1-10(16)15-19-14-12(18)8-11(17)9-13(14)20(15)6-4-3-5-7-21-2/h8-10H,3-7H2,1-2H3. The van der Waals surface area contributed by atoms with Gasteiger partial charge in [-0.3, -0.25) is 0 Å². The Kier molecular flexibility index (Phi) is 5.53. The van der Waals surface area contributed by atoms with E-state index in [1.165, 1.54) is 6.07 Å². The fourth-order valence-electron chi connectivity index (χ4n) is 2.40. The van der Waals surface area contributed by atoms with Gasteiger partial charge in [0, 0.05) is 26.3 Å². The highest BCUT2D eigenvalue weighted by Crippen LogP contribution is 2.27. The third kappa shape index (κ3) is 3.71. The summed E-state index contributed by atoms with van der Waals surface area (Å²) in [4.78, 5) is 4.23. The number of unbranched alkanes of at least 4 members (excludes halogenated alkanes) is 2. The molecular formula is C15H19ClF2N2O. The van der Waals surface area contributed by atoms with Crippen molar-refractivity contribution < 1.29 is 13.5 Å². The summed E-state index contributed by atoms with van der Waals surface area (Å²) in [5.41, 5.74) is 0.637. The van der Waals surface area contributed by atoms with E-state index in [-0.39, 0.29) is 10.9 Å². The van der Waals surface area contributed by atoms with E-state index in [0.29, 0.717) is 24.5 Å². The Morgan fingerprint density at radius 3 is 2.71 bits per heavy atom. The number of halogens is 3. The van der Waals surface area contributed by atoms with E-state index in [0.717, 1.165) is 25.3 Å². The molecule has 6 heteroatoms. The lowest BCUT2D eigenvalue weighted by Gasteiger charge is -2.10. The minimum Gasteiger partial charge on any atom is -0.385 e. The van der Waals surface area contributed by atoms with Crippen molar-refractivity contribution in [2.75, 3.05) is 13.7 Å². The molecule has 0 amide bonds. The molecule has 0 spiro atoms. The predicted octanol–water partition coefficient (Wildman–Crippen LogP) is 4.43. The van der Waals surface area contributed by atoms with Gasteiger partial charge in [0.25, 0.3) is 0 Å². The third-order valence-corrected chi connectivity index (χ3v) is 3.58. The first-order valence-corrected chi connectivity index (χ1v) is 7.46. The number of aryl methyl sites for hydroxylation is 1. The summed E-state index contributed by atoms with van der Waals surface area (Å²) in [5, 5.41) is -0.362. The van der Waals surface area contributed by atoms with Gasteiger partial charge < -0.3 is 9.30 Å². The molecule has 0 fully saturated rings. The number of nitrogens with zero attached hydrogens (tertiary/aromatic N) is 2. The van der Waals surface area contributed by atoms with Crippen LogP contribution >= 0.6 is 11.6 Å². The van der Waals surface area contributed by atoms with Gasteiger partial charge in [0.2, 0.25) is 0 Å². The highest BCUT2D eigenvalue weighted by atomic mass is 35.5. The smallest absolute Gasteiger partial charge is 0.153 e. The van der Waals surface area contributed by atoms with E-state index in [9.17, 15) is 8.78 Å². The molecule has 2 rings (SSSR count). The Labute approximate surface area is 127 Å². The molecule has 116 valence electrons. The van der Waals surface area contributed by atoms with Crippen LogP contribution in [0, 0.1) is 11.6 Å². The van der Waals surface area contributed by atoms with Gasteiger partial charge in [0.1, 0.15) is 17.2 Å². The first-order valence-electron chi connectivity index (χ1n) is 7.02. The highest BCUT2D eigenvalue weighted by molar-refractivity contribution is 6.20. The van der Waals surface area contributed by atoms with Gasteiger partial charge in [-0.1, -0.05) is 0 Å². The molecule has 2 aromatic rings. The van der Waals surface area contributed by atoms with Gasteiger partial charge in [-0.05, 0) is 32.3 Å². The van der Waals surface area contributed by atoms with E-state index < -0.39 is 11.6 Å². The average Bonchev–Trinajstić information content (AvgIpc) is 2.78. The maximum absolute atomic E-state index is 13.8. The molecule has 1 aromatic carbocycles. The van der Waals surface area contributed by atoms with Crippen LogP contribution < -0.4 is 0 Å². The lowest BCUT2D eigenvalue weighted by molar-refractivity contribution is 0.191. The monoisotopic (exact) mass is 316 g/mol. The van der Waals surface area contributed by atoms with Crippen LogP contribution in [0.4, 0.5) is 8.78 Å². The zero-order valence-electron chi connectivity index (χ0n) is 12.2. The topological polar surface area (TPSA) is 27.1 Å². The number of ether oxygens (including phenoxy) is 1. The van der Waals surface area contributed by atoms with Gasteiger partial charge in [0.05, 0.1) is 10.9 Å². The number of benzene rings is 1. The van der Waals surface area contributed by atoms with Crippen molar-refractivity contribution in [3.8, 4) is 0 Å². The molecule has 0 aliphatic heterocycles. The molecule has 21 heavy (non-hydrogen) atoms. The quantitative estimate of drug-likeness (QED) is 0.558. The molecule has 1 aromatic heterocycles. The highest BCUT2D eigenvalue weighted by Gasteiger charge is 2.18. The van der Waals surface area contributed by atoms with Crippen LogP contribution in [-0.4, -0.2) is 23.3 Å². The second-order valence-electron chi connectivity index (χ2n) is 5.05. The normalized spacial score (nSPS) is 13.0. The summed E-state index contributed by atoms with van der Waals surface area (Å²) in [6, 6.07) is 2.16. The van der Waals surface area contributed by atoms with E-state index in [2.05, 4.69) is 4.98 Å². The Morgan fingerprint density at radius 1 is 1.29 bits per heavy atom. The second kappa shape index (κ2) is 7.18. The molecule has 0 saturated carbocycles. The van der Waals surface area contributed by atoms with Crippen LogP contribution in [-0.2, 0) is 11.3 Å². The van der Waals surface area contributed by atoms with E-state index in [1.807, 2.05) is 4.57 Å². The number of aromatic nitrogens is 2. The van der Waals surface area contributed by atoms with Gasteiger partial charge in [-0.2, -0.15) is 0 Å². The summed E-state index contributed by atoms with van der Waals surface area (Å²) < 4.78 is 34.1. The Morgan fingerprint density at radius 2 is 2.05 bits per heavy atom. The van der Waals surface area contributed by atoms with Gasteiger partial charge in [-0.15, -0.1) is 11.6 Å². The van der Waals surface area contributed by atoms with Gasteiger partial charge in [0.15, 0.2) is 5.82 Å². The summed E-state index contributed by atoms with van der Waals surface area (Å²) in [5.74, 6) is -0.682. The lowest BCUT2D eigenvalue weighted by Crippen LogP contribution is -2.05. The number of fused-ring (bicyclic) bond motifs is 1. The van der Waals surface area contributed by atoms with E-state index in [4.69, 9.17) is 16.3 Å². The van der Waals surface area contributed by atoms with E-state index >= 15 is 0 Å². The fraction of sp³-hybridized carbons (Fsp3) is 0.533. The van der Waals surface area contributed by atoms with Crippen molar-refractivity contribution >= 4 is 22.6 Å². The number of hydrogen-bond acceptors (Lipinski definition) is 2. The predicted molar refractivity (Wildman–Crippen MR) is 79.6 cm³/mol. The summed E-state index contributed by atoms with van der Waals surface area (Å²) >= 11 is 6.11. The minimum absolute atomic E-state index is 0.177.